The lowest BCUT2D eigenvalue weighted by Crippen LogP contribution is -2.48. The van der Waals surface area contributed by atoms with Gasteiger partial charge in [-0.3, -0.25) is 0 Å². The Balaban J connectivity index is 1.44. The normalized spacial score (nSPS) is 16.4. The number of carbonyl (C=O) groups excluding carboxylic acids is 1. The van der Waals surface area contributed by atoms with Gasteiger partial charge in [-0.1, -0.05) is 43.4 Å². The summed E-state index contributed by atoms with van der Waals surface area (Å²) in [5, 5.41) is 17.2. The molecule has 4 rings (SSSR count). The molecule has 1 amide bonds. The minimum atomic E-state index is -1.19. The SMILES string of the molecule is CC(C)(C)OC(=O)N1CCC(COCC(O)c2cc(Cl)cc3cn(COCC[Si](C)(C)C)nc23)(c2ccc(F)cc2)CC1. The monoisotopic (exact) mass is 633 g/mol. The molecule has 0 radical (unpaired) electrons. The van der Waals surface area contributed by atoms with Crippen LogP contribution in [-0.4, -0.2) is 72.5 Å². The van der Waals surface area contributed by atoms with Crippen LogP contribution in [0, 0.1) is 5.82 Å². The lowest BCUT2D eigenvalue weighted by atomic mass is 9.73. The lowest BCUT2D eigenvalue weighted by Gasteiger charge is -2.42. The van der Waals surface area contributed by atoms with E-state index < -0.39 is 25.2 Å². The average Bonchev–Trinajstić information content (AvgIpc) is 3.32. The highest BCUT2D eigenvalue weighted by Gasteiger charge is 2.39. The fraction of sp³-hybridized carbons (Fsp3) is 0.562. The smallest absolute Gasteiger partial charge is 0.410 e. The van der Waals surface area contributed by atoms with Gasteiger partial charge in [-0.15, -0.1) is 0 Å². The predicted molar refractivity (Wildman–Crippen MR) is 170 cm³/mol. The highest BCUT2D eigenvalue weighted by atomic mass is 35.5. The molecule has 0 aliphatic carbocycles. The molecule has 2 aromatic carbocycles. The Labute approximate surface area is 260 Å². The molecule has 3 aromatic rings. The maximum Gasteiger partial charge on any atom is 0.410 e. The number of hydrogen-bond donors (Lipinski definition) is 1. The van der Waals surface area contributed by atoms with E-state index in [-0.39, 0.29) is 18.5 Å². The van der Waals surface area contributed by atoms with Crippen LogP contribution in [0.1, 0.15) is 50.8 Å². The first-order valence-electron chi connectivity index (χ1n) is 14.9. The van der Waals surface area contributed by atoms with E-state index in [0.717, 1.165) is 17.0 Å². The third-order valence-corrected chi connectivity index (χ3v) is 9.63. The van der Waals surface area contributed by atoms with Crippen molar-refractivity contribution < 1.29 is 28.5 Å². The highest BCUT2D eigenvalue weighted by molar-refractivity contribution is 6.76. The summed E-state index contributed by atoms with van der Waals surface area (Å²) in [7, 11) is -1.19. The number of carbonyl (C=O) groups is 1. The molecule has 0 spiro atoms. The number of hydrogen-bond acceptors (Lipinski definition) is 6. The Morgan fingerprint density at radius 2 is 1.81 bits per heavy atom. The van der Waals surface area contributed by atoms with Gasteiger partial charge in [0.1, 0.15) is 24.3 Å². The zero-order chi connectivity index (χ0) is 31.4. The maximum atomic E-state index is 13.8. The Bertz CT molecular complexity index is 1380. The molecule has 0 saturated carbocycles. The van der Waals surface area contributed by atoms with E-state index in [1.165, 1.54) is 12.1 Å². The second kappa shape index (κ2) is 13.6. The predicted octanol–water partition coefficient (Wildman–Crippen LogP) is 7.16. The van der Waals surface area contributed by atoms with Crippen molar-refractivity contribution in [3.8, 4) is 0 Å². The van der Waals surface area contributed by atoms with E-state index >= 15 is 0 Å². The fourth-order valence-corrected chi connectivity index (χ4v) is 6.24. The number of benzene rings is 2. The Morgan fingerprint density at radius 1 is 1.14 bits per heavy atom. The van der Waals surface area contributed by atoms with Gasteiger partial charge in [-0.05, 0) is 69.5 Å². The number of halogens is 2. The van der Waals surface area contributed by atoms with Crippen LogP contribution in [0.2, 0.25) is 30.7 Å². The molecule has 43 heavy (non-hydrogen) atoms. The lowest BCUT2D eigenvalue weighted by molar-refractivity contribution is -0.0119. The summed E-state index contributed by atoms with van der Waals surface area (Å²) in [6.07, 6.45) is 1.77. The van der Waals surface area contributed by atoms with Gasteiger partial charge >= 0.3 is 6.09 Å². The van der Waals surface area contributed by atoms with Gasteiger partial charge in [-0.25, -0.2) is 13.9 Å². The van der Waals surface area contributed by atoms with Gasteiger partial charge in [0, 0.05) is 55.4 Å². The van der Waals surface area contributed by atoms with E-state index in [1.54, 1.807) is 27.8 Å². The zero-order valence-electron chi connectivity index (χ0n) is 26.2. The molecule has 11 heteroatoms. The summed E-state index contributed by atoms with van der Waals surface area (Å²) in [4.78, 5) is 14.4. The maximum absolute atomic E-state index is 13.8. The van der Waals surface area contributed by atoms with Crippen molar-refractivity contribution in [3.63, 3.8) is 0 Å². The highest BCUT2D eigenvalue weighted by Crippen LogP contribution is 2.37. The molecule has 1 unspecified atom stereocenters. The van der Waals surface area contributed by atoms with Crippen molar-refractivity contribution >= 4 is 36.7 Å². The molecule has 0 bridgehead atoms. The average molecular weight is 634 g/mol. The van der Waals surface area contributed by atoms with Crippen LogP contribution in [0.4, 0.5) is 9.18 Å². The van der Waals surface area contributed by atoms with Gasteiger partial charge in [0.2, 0.25) is 0 Å². The van der Waals surface area contributed by atoms with Crippen molar-refractivity contribution in [2.45, 2.75) is 83.1 Å². The molecule has 236 valence electrons. The summed E-state index contributed by atoms with van der Waals surface area (Å²) < 4.78 is 33.1. The van der Waals surface area contributed by atoms with Crippen molar-refractivity contribution in [1.82, 2.24) is 14.7 Å². The van der Waals surface area contributed by atoms with E-state index in [9.17, 15) is 14.3 Å². The van der Waals surface area contributed by atoms with Gasteiger partial charge in [0.05, 0.1) is 18.7 Å². The molecule has 1 aromatic heterocycles. The Morgan fingerprint density at radius 3 is 2.44 bits per heavy atom. The van der Waals surface area contributed by atoms with E-state index in [2.05, 4.69) is 24.7 Å². The number of fused-ring (bicyclic) bond motifs is 1. The first kappa shape index (κ1) is 33.4. The van der Waals surface area contributed by atoms with Crippen LogP contribution in [0.3, 0.4) is 0 Å². The molecular formula is C32H45ClFN3O5Si. The molecule has 1 aliphatic heterocycles. The van der Waals surface area contributed by atoms with E-state index in [0.29, 0.717) is 62.0 Å². The minimum Gasteiger partial charge on any atom is -0.444 e. The summed E-state index contributed by atoms with van der Waals surface area (Å²) >= 11 is 6.42. The molecule has 1 fully saturated rings. The van der Waals surface area contributed by atoms with Gasteiger partial charge < -0.3 is 24.2 Å². The van der Waals surface area contributed by atoms with Crippen molar-refractivity contribution in [1.29, 1.82) is 0 Å². The summed E-state index contributed by atoms with van der Waals surface area (Å²) in [5.74, 6) is -0.313. The molecule has 2 heterocycles. The van der Waals surface area contributed by atoms with Crippen molar-refractivity contribution in [3.05, 3.63) is 64.6 Å². The number of rotatable bonds is 11. The Hall–Kier alpha value is -2.50. The van der Waals surface area contributed by atoms with Crippen LogP contribution in [0.5, 0.6) is 0 Å². The first-order chi connectivity index (χ1) is 20.1. The number of nitrogens with zero attached hydrogens (tertiary/aromatic N) is 3. The number of likely N-dealkylation sites (tertiary alicyclic amines) is 1. The van der Waals surface area contributed by atoms with Crippen molar-refractivity contribution in [2.75, 3.05) is 32.9 Å². The standard InChI is InChI=1S/C32H45ClFN3O5Si/c1-31(2,3)42-30(39)36-13-11-32(12-14-36,24-7-9-26(34)10-8-24)21-41-20-28(38)27-18-25(33)17-23-19-37(35-29(23)27)22-40-15-16-43(4,5)6/h7-10,17-19,28,38H,11-16,20-22H2,1-6H3. The third kappa shape index (κ3) is 9.25. The fourth-order valence-electron chi connectivity index (χ4n) is 5.25. The largest absolute Gasteiger partial charge is 0.444 e. The Kier molecular flexibility index (Phi) is 10.6. The summed E-state index contributed by atoms with van der Waals surface area (Å²) in [6, 6.07) is 11.0. The zero-order valence-corrected chi connectivity index (χ0v) is 27.9. The second-order valence-corrected chi connectivity index (χ2v) is 19.8. The van der Waals surface area contributed by atoms with Gasteiger partial charge in [-0.2, -0.15) is 5.10 Å². The third-order valence-electron chi connectivity index (χ3n) is 7.71. The molecule has 8 nitrogen and oxygen atoms in total. The number of ether oxygens (including phenoxy) is 3. The summed E-state index contributed by atoms with van der Waals surface area (Å²) in [6.45, 7) is 14.7. The van der Waals surface area contributed by atoms with Gasteiger partial charge in [0.25, 0.3) is 0 Å². The minimum absolute atomic E-state index is 0.0216. The van der Waals surface area contributed by atoms with Crippen LogP contribution in [0.15, 0.2) is 42.6 Å². The summed E-state index contributed by atoms with van der Waals surface area (Å²) in [5.41, 5.74) is 1.13. The van der Waals surface area contributed by atoms with Crippen LogP contribution >= 0.6 is 11.6 Å². The number of piperidine rings is 1. The molecule has 1 saturated heterocycles. The van der Waals surface area contributed by atoms with Crippen LogP contribution in [0.25, 0.3) is 10.9 Å². The quantitative estimate of drug-likeness (QED) is 0.178. The number of aliphatic hydroxyl groups is 1. The van der Waals surface area contributed by atoms with Crippen LogP contribution in [-0.2, 0) is 26.4 Å². The number of aromatic nitrogens is 2. The topological polar surface area (TPSA) is 86.0 Å². The molecule has 1 N–H and O–H groups in total. The number of aliphatic hydroxyl groups excluding tert-OH is 1. The van der Waals surface area contributed by atoms with E-state index in [1.807, 2.05) is 33.0 Å². The molecular weight excluding hydrogens is 589 g/mol. The van der Waals surface area contributed by atoms with E-state index in [4.69, 9.17) is 25.8 Å². The first-order valence-corrected chi connectivity index (χ1v) is 19.0. The van der Waals surface area contributed by atoms with Crippen LogP contribution < -0.4 is 0 Å². The molecule has 1 atom stereocenters. The van der Waals surface area contributed by atoms with Gasteiger partial charge in [0.15, 0.2) is 0 Å². The second-order valence-electron chi connectivity index (χ2n) is 13.7. The number of amides is 1. The molecule has 1 aliphatic rings. The van der Waals surface area contributed by atoms with Crippen molar-refractivity contribution in [2.24, 2.45) is 0 Å².